The summed E-state index contributed by atoms with van der Waals surface area (Å²) in [6.07, 6.45) is 2.86. The molecular weight excluding hydrogens is 232 g/mol. The van der Waals surface area contributed by atoms with Crippen LogP contribution < -0.4 is 10.1 Å². The molecule has 1 saturated heterocycles. The molecule has 0 spiro atoms. The number of ether oxygens (including phenoxy) is 1. The number of piperidine rings is 1. The molecular formula is C13H16N2O3. The quantitative estimate of drug-likeness (QED) is 0.777. The lowest BCUT2D eigenvalue weighted by atomic mass is 9.80. The van der Waals surface area contributed by atoms with E-state index >= 15 is 0 Å². The lowest BCUT2D eigenvalue weighted by molar-refractivity contribution is -0.133. The number of amides is 1. The van der Waals surface area contributed by atoms with E-state index in [1.807, 2.05) is 13.8 Å². The second kappa shape index (κ2) is 3.68. The van der Waals surface area contributed by atoms with Gasteiger partial charge in [0, 0.05) is 36.1 Å². The maximum atomic E-state index is 11.7. The van der Waals surface area contributed by atoms with Crippen molar-refractivity contribution < 1.29 is 14.6 Å². The van der Waals surface area contributed by atoms with Gasteiger partial charge < -0.3 is 15.2 Å². The summed E-state index contributed by atoms with van der Waals surface area (Å²) in [5.41, 5.74) is 1.87. The molecule has 1 aromatic heterocycles. The molecule has 3 rings (SSSR count). The number of aryl methyl sites for hydroxylation is 1. The molecule has 0 aromatic carbocycles. The number of nitrogens with zero attached hydrogens (tertiary/aromatic N) is 1. The molecule has 0 saturated carbocycles. The van der Waals surface area contributed by atoms with Crippen LogP contribution in [0.5, 0.6) is 5.75 Å². The molecule has 5 heteroatoms. The highest BCUT2D eigenvalue weighted by atomic mass is 16.5. The molecule has 0 radical (unpaired) electrons. The largest absolute Gasteiger partial charge is 0.466 e. The van der Waals surface area contributed by atoms with Gasteiger partial charge in [0.05, 0.1) is 12.3 Å². The number of pyridine rings is 1. The normalized spacial score (nSPS) is 29.3. The fourth-order valence-corrected chi connectivity index (χ4v) is 3.01. The van der Waals surface area contributed by atoms with E-state index < -0.39 is 5.72 Å². The summed E-state index contributed by atoms with van der Waals surface area (Å²) >= 11 is 0. The number of fused-ring (bicyclic) bond motifs is 4. The van der Waals surface area contributed by atoms with E-state index in [1.54, 1.807) is 6.20 Å². The first-order chi connectivity index (χ1) is 8.52. The van der Waals surface area contributed by atoms with Gasteiger partial charge in [-0.3, -0.25) is 9.78 Å². The Bertz CT molecular complexity index is 529. The zero-order valence-electron chi connectivity index (χ0n) is 10.5. The fraction of sp³-hybridized carbons (Fsp3) is 0.538. The molecule has 2 atom stereocenters. The average molecular weight is 248 g/mol. The standard InChI is InChI=1S/C13H16N2O3/c1-7-12-11(9(6-16)5-14-7)8-3-10(17)15-13(2,4-8)18-12/h5,8,16H,3-4,6H2,1-2H3,(H,15,17). The molecule has 96 valence electrons. The highest BCUT2D eigenvalue weighted by Crippen LogP contribution is 2.46. The fourth-order valence-electron chi connectivity index (χ4n) is 3.01. The van der Waals surface area contributed by atoms with Gasteiger partial charge >= 0.3 is 0 Å². The van der Waals surface area contributed by atoms with Crippen molar-refractivity contribution in [3.63, 3.8) is 0 Å². The Labute approximate surface area is 105 Å². The lowest BCUT2D eigenvalue weighted by Crippen LogP contribution is -2.57. The molecule has 1 fully saturated rings. The smallest absolute Gasteiger partial charge is 0.223 e. The Hall–Kier alpha value is -1.62. The minimum atomic E-state index is -0.645. The molecule has 2 bridgehead atoms. The van der Waals surface area contributed by atoms with Gasteiger partial charge in [0.1, 0.15) is 5.75 Å². The van der Waals surface area contributed by atoms with Crippen LogP contribution >= 0.6 is 0 Å². The average Bonchev–Trinajstić information content (AvgIpc) is 2.29. The summed E-state index contributed by atoms with van der Waals surface area (Å²) in [5, 5.41) is 12.3. The molecule has 2 aliphatic rings. The van der Waals surface area contributed by atoms with Crippen molar-refractivity contribution >= 4 is 5.91 Å². The van der Waals surface area contributed by atoms with Crippen molar-refractivity contribution in [3.8, 4) is 5.75 Å². The van der Waals surface area contributed by atoms with Gasteiger partial charge in [0.15, 0.2) is 5.72 Å². The van der Waals surface area contributed by atoms with Crippen LogP contribution in [0.2, 0.25) is 0 Å². The minimum Gasteiger partial charge on any atom is -0.466 e. The molecule has 1 aromatic rings. The molecule has 2 N–H and O–H groups in total. The number of carbonyl (C=O) groups is 1. The number of nitrogens with one attached hydrogen (secondary N) is 1. The van der Waals surface area contributed by atoms with Crippen molar-refractivity contribution in [3.05, 3.63) is 23.0 Å². The topological polar surface area (TPSA) is 71.5 Å². The summed E-state index contributed by atoms with van der Waals surface area (Å²) in [4.78, 5) is 15.9. The maximum Gasteiger partial charge on any atom is 0.223 e. The van der Waals surface area contributed by atoms with E-state index in [1.165, 1.54) is 0 Å². The van der Waals surface area contributed by atoms with Crippen molar-refractivity contribution in [1.29, 1.82) is 0 Å². The van der Waals surface area contributed by atoms with Crippen LogP contribution in [-0.4, -0.2) is 21.7 Å². The Morgan fingerprint density at radius 1 is 1.67 bits per heavy atom. The molecule has 18 heavy (non-hydrogen) atoms. The number of carbonyl (C=O) groups excluding carboxylic acids is 1. The van der Waals surface area contributed by atoms with Crippen LogP contribution in [0.4, 0.5) is 0 Å². The third kappa shape index (κ3) is 1.58. The number of hydrogen-bond donors (Lipinski definition) is 2. The van der Waals surface area contributed by atoms with Gasteiger partial charge in [-0.15, -0.1) is 0 Å². The first-order valence-corrected chi connectivity index (χ1v) is 6.11. The molecule has 0 aliphatic carbocycles. The molecule has 2 unspecified atom stereocenters. The van der Waals surface area contributed by atoms with Gasteiger partial charge in [-0.2, -0.15) is 0 Å². The van der Waals surface area contributed by atoms with E-state index in [-0.39, 0.29) is 18.4 Å². The Balaban J connectivity index is 2.18. The van der Waals surface area contributed by atoms with E-state index in [2.05, 4.69) is 10.3 Å². The van der Waals surface area contributed by atoms with Gasteiger partial charge in [0.2, 0.25) is 5.91 Å². The van der Waals surface area contributed by atoms with Crippen LogP contribution in [0.3, 0.4) is 0 Å². The SMILES string of the molecule is Cc1ncc(CO)c2c1OC1(C)CC2CC(=O)N1. The van der Waals surface area contributed by atoms with E-state index in [0.29, 0.717) is 6.42 Å². The number of hydrogen-bond acceptors (Lipinski definition) is 4. The summed E-state index contributed by atoms with van der Waals surface area (Å²) in [6.45, 7) is 3.69. The number of aliphatic hydroxyl groups is 1. The zero-order valence-corrected chi connectivity index (χ0v) is 10.5. The Morgan fingerprint density at radius 2 is 2.44 bits per heavy atom. The summed E-state index contributed by atoms with van der Waals surface area (Å²) < 4.78 is 5.93. The van der Waals surface area contributed by atoms with Crippen LogP contribution in [0, 0.1) is 6.92 Å². The monoisotopic (exact) mass is 248 g/mol. The van der Waals surface area contributed by atoms with E-state index in [9.17, 15) is 9.90 Å². The van der Waals surface area contributed by atoms with Gasteiger partial charge in [0.25, 0.3) is 0 Å². The highest BCUT2D eigenvalue weighted by Gasteiger charge is 2.45. The lowest BCUT2D eigenvalue weighted by Gasteiger charge is -2.44. The van der Waals surface area contributed by atoms with E-state index in [4.69, 9.17) is 4.74 Å². The number of aromatic nitrogens is 1. The first-order valence-electron chi connectivity index (χ1n) is 6.11. The first kappa shape index (κ1) is 11.5. The molecule has 3 heterocycles. The van der Waals surface area contributed by atoms with Crippen LogP contribution in [0.25, 0.3) is 0 Å². The van der Waals surface area contributed by atoms with Crippen molar-refractivity contribution in [2.75, 3.05) is 0 Å². The van der Waals surface area contributed by atoms with Gasteiger partial charge in [-0.05, 0) is 13.8 Å². The number of aliphatic hydroxyl groups excluding tert-OH is 1. The summed E-state index contributed by atoms with van der Waals surface area (Å²) in [6, 6.07) is 0. The van der Waals surface area contributed by atoms with Crippen molar-refractivity contribution in [1.82, 2.24) is 10.3 Å². The van der Waals surface area contributed by atoms with Crippen LogP contribution in [-0.2, 0) is 11.4 Å². The molecule has 2 aliphatic heterocycles. The molecule has 1 amide bonds. The van der Waals surface area contributed by atoms with Crippen molar-refractivity contribution in [2.45, 2.75) is 44.9 Å². The van der Waals surface area contributed by atoms with Crippen LogP contribution in [0.1, 0.15) is 42.5 Å². The Kier molecular flexibility index (Phi) is 2.35. The molecule has 5 nitrogen and oxygen atoms in total. The predicted molar refractivity (Wildman–Crippen MR) is 64.0 cm³/mol. The summed E-state index contributed by atoms with van der Waals surface area (Å²) in [5.74, 6) is 0.828. The van der Waals surface area contributed by atoms with Crippen LogP contribution in [0.15, 0.2) is 6.20 Å². The summed E-state index contributed by atoms with van der Waals surface area (Å²) in [7, 11) is 0. The second-order valence-electron chi connectivity index (χ2n) is 5.26. The highest BCUT2D eigenvalue weighted by molar-refractivity contribution is 5.79. The third-order valence-electron chi connectivity index (χ3n) is 3.71. The van der Waals surface area contributed by atoms with Gasteiger partial charge in [-0.1, -0.05) is 0 Å². The zero-order chi connectivity index (χ0) is 12.9. The predicted octanol–water partition coefficient (Wildman–Crippen LogP) is 0.985. The maximum absolute atomic E-state index is 11.7. The third-order valence-corrected chi connectivity index (χ3v) is 3.71. The van der Waals surface area contributed by atoms with Gasteiger partial charge in [-0.25, -0.2) is 0 Å². The van der Waals surface area contributed by atoms with E-state index in [0.717, 1.165) is 29.0 Å². The second-order valence-corrected chi connectivity index (χ2v) is 5.26. The Morgan fingerprint density at radius 3 is 3.17 bits per heavy atom. The minimum absolute atomic E-state index is 0.00208. The number of rotatable bonds is 1. The van der Waals surface area contributed by atoms with Crippen molar-refractivity contribution in [2.24, 2.45) is 0 Å².